The number of likely N-dealkylation sites (N-methyl/N-ethyl adjacent to an activating group) is 1. The van der Waals surface area contributed by atoms with Gasteiger partial charge in [-0.15, -0.1) is 0 Å². The van der Waals surface area contributed by atoms with Crippen molar-refractivity contribution in [1.82, 2.24) is 4.90 Å². The van der Waals surface area contributed by atoms with Crippen LogP contribution in [-0.2, 0) is 4.74 Å². The molecule has 2 aliphatic rings. The van der Waals surface area contributed by atoms with E-state index in [1.807, 2.05) is 0 Å². The number of hydrogen-bond acceptors (Lipinski definition) is 4. The number of rotatable bonds is 5. The van der Waals surface area contributed by atoms with Gasteiger partial charge in [-0.05, 0) is 18.9 Å². The van der Waals surface area contributed by atoms with Gasteiger partial charge in [-0.25, -0.2) is 0 Å². The van der Waals surface area contributed by atoms with Gasteiger partial charge in [0.15, 0.2) is 0 Å². The Bertz CT molecular complexity index is 244. The molecule has 0 bridgehead atoms. The summed E-state index contributed by atoms with van der Waals surface area (Å²) in [7, 11) is 0. The van der Waals surface area contributed by atoms with Crippen LogP contribution < -0.4 is 5.73 Å². The van der Waals surface area contributed by atoms with E-state index >= 15 is 0 Å². The number of nitrogens with two attached hydrogens (primary N) is 1. The summed E-state index contributed by atoms with van der Waals surface area (Å²) in [5, 5.41) is 10.3. The first-order chi connectivity index (χ1) is 8.70. The monoisotopic (exact) mass is 256 g/mol. The summed E-state index contributed by atoms with van der Waals surface area (Å²) in [5.74, 6) is 0.715. The van der Waals surface area contributed by atoms with E-state index in [2.05, 4.69) is 11.8 Å². The quantitative estimate of drug-likeness (QED) is 0.779. The maximum absolute atomic E-state index is 10.3. The zero-order valence-corrected chi connectivity index (χ0v) is 11.6. The fourth-order valence-electron chi connectivity index (χ4n) is 3.21. The molecule has 1 aliphatic carbocycles. The molecular weight excluding hydrogens is 228 g/mol. The second kappa shape index (κ2) is 6.85. The van der Waals surface area contributed by atoms with Crippen LogP contribution in [0.15, 0.2) is 0 Å². The smallest absolute Gasteiger partial charge is 0.0996 e. The third-order valence-electron chi connectivity index (χ3n) is 4.51. The predicted molar refractivity (Wildman–Crippen MR) is 72.2 cm³/mol. The molecule has 0 aromatic carbocycles. The fourth-order valence-corrected chi connectivity index (χ4v) is 3.21. The van der Waals surface area contributed by atoms with Crippen LogP contribution in [0.25, 0.3) is 0 Å². The average Bonchev–Trinajstić information content (AvgIpc) is 2.87. The summed E-state index contributed by atoms with van der Waals surface area (Å²) >= 11 is 0. The Morgan fingerprint density at radius 1 is 1.33 bits per heavy atom. The molecule has 0 aromatic rings. The maximum atomic E-state index is 10.3. The van der Waals surface area contributed by atoms with Crippen molar-refractivity contribution in [2.75, 3.05) is 19.8 Å². The van der Waals surface area contributed by atoms with Crippen LogP contribution in [0.4, 0.5) is 0 Å². The van der Waals surface area contributed by atoms with Crippen molar-refractivity contribution in [1.29, 1.82) is 0 Å². The van der Waals surface area contributed by atoms with Gasteiger partial charge >= 0.3 is 0 Å². The van der Waals surface area contributed by atoms with Crippen LogP contribution in [0, 0.1) is 5.92 Å². The fraction of sp³-hybridized carbons (Fsp3) is 1.00. The highest BCUT2D eigenvalue weighted by molar-refractivity contribution is 4.86. The van der Waals surface area contributed by atoms with E-state index in [0.29, 0.717) is 12.6 Å². The van der Waals surface area contributed by atoms with Crippen LogP contribution in [-0.4, -0.2) is 48.1 Å². The Hall–Kier alpha value is -0.160. The van der Waals surface area contributed by atoms with Crippen LogP contribution in [0.5, 0.6) is 0 Å². The Labute approximate surface area is 110 Å². The van der Waals surface area contributed by atoms with Crippen LogP contribution in [0.1, 0.15) is 45.4 Å². The molecule has 1 unspecified atom stereocenters. The zero-order chi connectivity index (χ0) is 13.0. The number of aliphatic hydroxyl groups excluding tert-OH is 1. The highest BCUT2D eigenvalue weighted by atomic mass is 16.5. The molecule has 18 heavy (non-hydrogen) atoms. The largest absolute Gasteiger partial charge is 0.389 e. The number of ether oxygens (including phenoxy) is 1. The van der Waals surface area contributed by atoms with Crippen molar-refractivity contribution in [3.8, 4) is 0 Å². The lowest BCUT2D eigenvalue weighted by Gasteiger charge is -2.29. The molecule has 0 radical (unpaired) electrons. The van der Waals surface area contributed by atoms with Crippen molar-refractivity contribution in [3.63, 3.8) is 0 Å². The van der Waals surface area contributed by atoms with Crippen molar-refractivity contribution < 1.29 is 9.84 Å². The lowest BCUT2D eigenvalue weighted by atomic mass is 9.83. The highest BCUT2D eigenvalue weighted by Crippen LogP contribution is 2.28. The Morgan fingerprint density at radius 2 is 2.06 bits per heavy atom. The Kier molecular flexibility index (Phi) is 5.42. The molecule has 3 atom stereocenters. The van der Waals surface area contributed by atoms with E-state index in [9.17, 15) is 5.11 Å². The van der Waals surface area contributed by atoms with Gasteiger partial charge < -0.3 is 15.6 Å². The minimum atomic E-state index is -0.511. The highest BCUT2D eigenvalue weighted by Gasteiger charge is 2.33. The SMILES string of the molecule is CCN1CO[C@H](C(O)[C@@H](N)CC2CCCCC2)C1. The molecule has 2 rings (SSSR count). The third kappa shape index (κ3) is 3.67. The van der Waals surface area contributed by atoms with Crippen LogP contribution in [0.3, 0.4) is 0 Å². The van der Waals surface area contributed by atoms with Crippen molar-refractivity contribution in [3.05, 3.63) is 0 Å². The summed E-state index contributed by atoms with van der Waals surface area (Å²) in [6.45, 7) is 4.53. The van der Waals surface area contributed by atoms with Gasteiger partial charge in [0.1, 0.15) is 0 Å². The van der Waals surface area contributed by atoms with Gasteiger partial charge in [0, 0.05) is 12.6 Å². The van der Waals surface area contributed by atoms with Gasteiger partial charge in [0.25, 0.3) is 0 Å². The van der Waals surface area contributed by atoms with Gasteiger partial charge in [0.2, 0.25) is 0 Å². The van der Waals surface area contributed by atoms with E-state index in [4.69, 9.17) is 10.5 Å². The van der Waals surface area contributed by atoms with Gasteiger partial charge in [-0.1, -0.05) is 39.0 Å². The summed E-state index contributed by atoms with van der Waals surface area (Å²) in [6.07, 6.45) is 6.94. The molecule has 0 spiro atoms. The minimum absolute atomic E-state index is 0.0939. The number of nitrogens with zero attached hydrogens (tertiary/aromatic N) is 1. The molecule has 1 aliphatic heterocycles. The summed E-state index contributed by atoms with van der Waals surface area (Å²) in [5.41, 5.74) is 6.17. The topological polar surface area (TPSA) is 58.7 Å². The van der Waals surface area contributed by atoms with E-state index in [1.165, 1.54) is 32.1 Å². The summed E-state index contributed by atoms with van der Waals surface area (Å²) < 4.78 is 5.62. The molecule has 2 fully saturated rings. The van der Waals surface area contributed by atoms with Gasteiger partial charge in [-0.3, -0.25) is 4.90 Å². The standard InChI is InChI=1S/C14H28N2O2/c1-2-16-9-13(18-10-16)14(17)12(15)8-11-6-4-3-5-7-11/h11-14,17H,2-10,15H2,1H3/t12-,13-,14?/m0/s1. The predicted octanol–water partition coefficient (Wildman–Crippen LogP) is 1.32. The molecule has 4 heteroatoms. The Morgan fingerprint density at radius 3 is 2.67 bits per heavy atom. The first-order valence-electron chi connectivity index (χ1n) is 7.48. The van der Waals surface area contributed by atoms with E-state index in [0.717, 1.165) is 19.5 Å². The lowest BCUT2D eigenvalue weighted by Crippen LogP contribution is -2.45. The molecule has 106 valence electrons. The second-order valence-electron chi connectivity index (χ2n) is 5.90. The zero-order valence-electron chi connectivity index (χ0n) is 11.6. The van der Waals surface area contributed by atoms with Crippen molar-refractivity contribution in [2.45, 2.75) is 63.7 Å². The van der Waals surface area contributed by atoms with E-state index < -0.39 is 6.10 Å². The molecular formula is C14H28N2O2. The number of aliphatic hydroxyl groups is 1. The first-order valence-corrected chi connectivity index (χ1v) is 7.48. The third-order valence-corrected chi connectivity index (χ3v) is 4.51. The van der Waals surface area contributed by atoms with Gasteiger partial charge in [-0.2, -0.15) is 0 Å². The van der Waals surface area contributed by atoms with Crippen LogP contribution in [0.2, 0.25) is 0 Å². The normalized spacial score (nSPS) is 30.5. The molecule has 4 nitrogen and oxygen atoms in total. The summed E-state index contributed by atoms with van der Waals surface area (Å²) in [6, 6.07) is -0.130. The first kappa shape index (κ1) is 14.3. The van der Waals surface area contributed by atoms with Gasteiger partial charge in [0.05, 0.1) is 18.9 Å². The number of hydrogen-bond donors (Lipinski definition) is 2. The lowest BCUT2D eigenvalue weighted by molar-refractivity contribution is -0.0166. The molecule has 1 saturated heterocycles. The average molecular weight is 256 g/mol. The van der Waals surface area contributed by atoms with Crippen molar-refractivity contribution in [2.24, 2.45) is 11.7 Å². The maximum Gasteiger partial charge on any atom is 0.0996 e. The van der Waals surface area contributed by atoms with E-state index in [-0.39, 0.29) is 12.1 Å². The van der Waals surface area contributed by atoms with Crippen molar-refractivity contribution >= 4 is 0 Å². The Balaban J connectivity index is 1.75. The molecule has 0 amide bonds. The molecule has 0 aromatic heterocycles. The second-order valence-corrected chi connectivity index (χ2v) is 5.90. The summed E-state index contributed by atoms with van der Waals surface area (Å²) in [4.78, 5) is 2.20. The molecule has 3 N–H and O–H groups in total. The molecule has 1 saturated carbocycles. The molecule has 1 heterocycles. The van der Waals surface area contributed by atoms with E-state index in [1.54, 1.807) is 0 Å². The van der Waals surface area contributed by atoms with Crippen LogP contribution >= 0.6 is 0 Å². The minimum Gasteiger partial charge on any atom is -0.389 e.